The van der Waals surface area contributed by atoms with Crippen LogP contribution in [0.1, 0.15) is 5.56 Å². The summed E-state index contributed by atoms with van der Waals surface area (Å²) in [6.07, 6.45) is 1.87. The van der Waals surface area contributed by atoms with Gasteiger partial charge in [0.25, 0.3) is 5.91 Å². The van der Waals surface area contributed by atoms with E-state index in [1.807, 2.05) is 42.5 Å². The van der Waals surface area contributed by atoms with Crippen LogP contribution in [0.15, 0.2) is 58.4 Å². The molecule has 2 heterocycles. The molecule has 0 aliphatic carbocycles. The van der Waals surface area contributed by atoms with Gasteiger partial charge in [-0.3, -0.25) is 4.79 Å². The molecule has 2 aromatic carbocycles. The van der Waals surface area contributed by atoms with Gasteiger partial charge in [-0.05, 0) is 59.8 Å². The van der Waals surface area contributed by atoms with Gasteiger partial charge in [-0.2, -0.15) is 4.99 Å². The van der Waals surface area contributed by atoms with Gasteiger partial charge in [-0.25, -0.2) is 0 Å². The van der Waals surface area contributed by atoms with Crippen molar-refractivity contribution in [2.24, 2.45) is 4.99 Å². The van der Waals surface area contributed by atoms with Crippen molar-refractivity contribution in [3.8, 4) is 5.75 Å². The summed E-state index contributed by atoms with van der Waals surface area (Å²) < 4.78 is 5.22. The second kappa shape index (κ2) is 8.29. The van der Waals surface area contributed by atoms with E-state index in [0.29, 0.717) is 9.93 Å². The molecule has 2 aliphatic heterocycles. The van der Waals surface area contributed by atoms with Crippen LogP contribution in [0, 0.1) is 0 Å². The molecule has 0 bridgehead atoms. The van der Waals surface area contributed by atoms with Crippen LogP contribution in [0.4, 0.5) is 5.69 Å². The number of methoxy groups -OCH3 is 1. The molecule has 0 spiro atoms. The van der Waals surface area contributed by atoms with Gasteiger partial charge in [-0.15, -0.1) is 0 Å². The number of rotatable bonds is 3. The highest BCUT2D eigenvalue weighted by Gasteiger charge is 2.28. The Kier molecular flexibility index (Phi) is 5.59. The van der Waals surface area contributed by atoms with Crippen molar-refractivity contribution in [2.75, 3.05) is 38.2 Å². The zero-order valence-electron chi connectivity index (χ0n) is 15.5. The van der Waals surface area contributed by atoms with Crippen LogP contribution in [-0.2, 0) is 4.79 Å². The third-order valence-corrected chi connectivity index (χ3v) is 6.06. The van der Waals surface area contributed by atoms with Crippen LogP contribution in [0.2, 0.25) is 5.02 Å². The Balaban J connectivity index is 1.37. The lowest BCUT2D eigenvalue weighted by Crippen LogP contribution is -2.47. The molecule has 1 fully saturated rings. The van der Waals surface area contributed by atoms with Crippen LogP contribution in [-0.4, -0.2) is 49.3 Å². The monoisotopic (exact) mass is 413 g/mol. The summed E-state index contributed by atoms with van der Waals surface area (Å²) in [5, 5.41) is 1.47. The fourth-order valence-corrected chi connectivity index (χ4v) is 4.28. The number of carbonyl (C=O) groups excluding carboxylic acids is 1. The van der Waals surface area contributed by atoms with Gasteiger partial charge in [0.05, 0.1) is 12.0 Å². The van der Waals surface area contributed by atoms with E-state index in [2.05, 4.69) is 26.9 Å². The molecule has 5 nitrogen and oxygen atoms in total. The number of piperazine rings is 1. The number of ether oxygens (including phenoxy) is 1. The van der Waals surface area contributed by atoms with Crippen molar-refractivity contribution >= 4 is 46.2 Å². The van der Waals surface area contributed by atoms with E-state index in [0.717, 1.165) is 42.7 Å². The van der Waals surface area contributed by atoms with Gasteiger partial charge in [0.1, 0.15) is 5.75 Å². The number of thioether (sulfide) groups is 1. The lowest BCUT2D eigenvalue weighted by atomic mass is 10.2. The predicted molar refractivity (Wildman–Crippen MR) is 116 cm³/mol. The van der Waals surface area contributed by atoms with Crippen LogP contribution >= 0.6 is 23.4 Å². The van der Waals surface area contributed by atoms with Crippen molar-refractivity contribution in [1.29, 1.82) is 0 Å². The Morgan fingerprint density at radius 1 is 1.00 bits per heavy atom. The molecule has 0 aromatic heterocycles. The first-order chi connectivity index (χ1) is 13.6. The lowest BCUT2D eigenvalue weighted by molar-refractivity contribution is -0.113. The number of hydrogen-bond donors (Lipinski definition) is 0. The first-order valence-corrected chi connectivity index (χ1v) is 10.2. The van der Waals surface area contributed by atoms with Crippen LogP contribution in [0.5, 0.6) is 5.75 Å². The van der Waals surface area contributed by atoms with Crippen molar-refractivity contribution in [3.63, 3.8) is 0 Å². The number of halogens is 1. The van der Waals surface area contributed by atoms with Gasteiger partial charge in [0.2, 0.25) is 0 Å². The molecule has 0 saturated carbocycles. The average molecular weight is 414 g/mol. The second-order valence-electron chi connectivity index (χ2n) is 6.53. The topological polar surface area (TPSA) is 45.1 Å². The number of aliphatic imine (C=N–C) groups is 1. The zero-order chi connectivity index (χ0) is 19.5. The van der Waals surface area contributed by atoms with Gasteiger partial charge in [-0.1, -0.05) is 23.7 Å². The molecule has 0 unspecified atom stereocenters. The SMILES string of the molecule is COc1ccc(N2CCN(C3=NC(=O)/C(=C/c4ccc(Cl)cc4)S3)CC2)cc1. The number of amidine groups is 1. The van der Waals surface area contributed by atoms with Crippen molar-refractivity contribution in [1.82, 2.24) is 4.90 Å². The molecule has 2 aliphatic rings. The molecule has 0 atom stereocenters. The molecular formula is C21H20ClN3O2S. The van der Waals surface area contributed by atoms with Crippen molar-refractivity contribution in [2.45, 2.75) is 0 Å². The molecule has 144 valence electrons. The fraction of sp³-hybridized carbons (Fsp3) is 0.238. The number of benzene rings is 2. The Labute approximate surface area is 173 Å². The van der Waals surface area contributed by atoms with E-state index < -0.39 is 0 Å². The molecule has 0 radical (unpaired) electrons. The first-order valence-electron chi connectivity index (χ1n) is 9.04. The molecule has 28 heavy (non-hydrogen) atoms. The van der Waals surface area contributed by atoms with Crippen LogP contribution in [0.25, 0.3) is 6.08 Å². The number of amides is 1. The summed E-state index contributed by atoms with van der Waals surface area (Å²) >= 11 is 7.37. The maximum absolute atomic E-state index is 12.3. The Bertz CT molecular complexity index is 918. The Morgan fingerprint density at radius 3 is 2.29 bits per heavy atom. The maximum atomic E-state index is 12.3. The minimum Gasteiger partial charge on any atom is -0.497 e. The molecule has 7 heteroatoms. The first kappa shape index (κ1) is 18.9. The quantitative estimate of drug-likeness (QED) is 0.707. The minimum absolute atomic E-state index is 0.174. The molecule has 4 rings (SSSR count). The summed E-state index contributed by atoms with van der Waals surface area (Å²) in [6, 6.07) is 15.5. The Morgan fingerprint density at radius 2 is 1.64 bits per heavy atom. The average Bonchev–Trinajstić information content (AvgIpc) is 3.10. The van der Waals surface area contributed by atoms with E-state index >= 15 is 0 Å². The van der Waals surface area contributed by atoms with E-state index in [1.165, 1.54) is 17.4 Å². The fourth-order valence-electron chi connectivity index (χ4n) is 3.19. The summed E-state index contributed by atoms with van der Waals surface area (Å²) in [6.45, 7) is 3.44. The highest BCUT2D eigenvalue weighted by Crippen LogP contribution is 2.31. The van der Waals surface area contributed by atoms with E-state index in [-0.39, 0.29) is 5.91 Å². The number of hydrogen-bond acceptors (Lipinski definition) is 5. The van der Waals surface area contributed by atoms with Gasteiger partial charge in [0.15, 0.2) is 5.17 Å². The molecular weight excluding hydrogens is 394 g/mol. The zero-order valence-corrected chi connectivity index (χ0v) is 17.0. The summed E-state index contributed by atoms with van der Waals surface area (Å²) in [5.74, 6) is 0.685. The number of carbonyl (C=O) groups is 1. The second-order valence-corrected chi connectivity index (χ2v) is 7.98. The minimum atomic E-state index is -0.174. The smallest absolute Gasteiger partial charge is 0.286 e. The van der Waals surface area contributed by atoms with Crippen molar-refractivity contribution in [3.05, 3.63) is 64.0 Å². The third kappa shape index (κ3) is 4.18. The van der Waals surface area contributed by atoms with Crippen LogP contribution in [0.3, 0.4) is 0 Å². The summed E-state index contributed by atoms with van der Waals surface area (Å²) in [4.78, 5) is 21.7. The summed E-state index contributed by atoms with van der Waals surface area (Å²) in [7, 11) is 1.67. The largest absolute Gasteiger partial charge is 0.497 e. The number of anilines is 1. The number of nitrogens with zero attached hydrogens (tertiary/aromatic N) is 3. The third-order valence-electron chi connectivity index (χ3n) is 4.76. The van der Waals surface area contributed by atoms with Gasteiger partial charge >= 0.3 is 0 Å². The lowest BCUT2D eigenvalue weighted by Gasteiger charge is -2.36. The normalized spacial score (nSPS) is 18.6. The standard InChI is InChI=1S/C21H20ClN3O2S/c1-27-18-8-6-17(7-9-18)24-10-12-25(13-11-24)21-23-20(26)19(28-21)14-15-2-4-16(22)5-3-15/h2-9,14H,10-13H2,1H3/b19-14-. The molecule has 1 amide bonds. The van der Waals surface area contributed by atoms with E-state index in [4.69, 9.17) is 16.3 Å². The maximum Gasteiger partial charge on any atom is 0.286 e. The Hall–Kier alpha value is -2.44. The summed E-state index contributed by atoms with van der Waals surface area (Å²) in [5.41, 5.74) is 2.13. The van der Waals surface area contributed by atoms with Gasteiger partial charge in [0, 0.05) is 36.9 Å². The van der Waals surface area contributed by atoms with Crippen molar-refractivity contribution < 1.29 is 9.53 Å². The van der Waals surface area contributed by atoms with Gasteiger partial charge < -0.3 is 14.5 Å². The highest BCUT2D eigenvalue weighted by molar-refractivity contribution is 8.18. The molecule has 0 N–H and O–H groups in total. The highest BCUT2D eigenvalue weighted by atomic mass is 35.5. The molecule has 2 aromatic rings. The van der Waals surface area contributed by atoms with Crippen LogP contribution < -0.4 is 9.64 Å². The molecule has 1 saturated heterocycles. The predicted octanol–water partition coefficient (Wildman–Crippen LogP) is 4.14. The van der Waals surface area contributed by atoms with E-state index in [1.54, 1.807) is 7.11 Å². The van der Waals surface area contributed by atoms with E-state index in [9.17, 15) is 4.79 Å².